The van der Waals surface area contributed by atoms with Crippen LogP contribution in [0.1, 0.15) is 29.9 Å². The number of halogens is 2. The molecule has 0 N–H and O–H groups in total. The van der Waals surface area contributed by atoms with Crippen LogP contribution in [0.3, 0.4) is 0 Å². The van der Waals surface area contributed by atoms with Gasteiger partial charge in [0, 0.05) is 37.6 Å². The normalized spacial score (nSPS) is 11.0. The zero-order valence-electron chi connectivity index (χ0n) is 15.4. The Hall–Kier alpha value is -2.73. The summed E-state index contributed by atoms with van der Waals surface area (Å²) >= 11 is 6.19. The minimum Gasteiger partial charge on any atom is -0.340 e. The molecule has 0 aliphatic carbocycles. The number of pyridine rings is 1. The van der Waals surface area contributed by atoms with E-state index < -0.39 is 0 Å². The fourth-order valence-corrected chi connectivity index (χ4v) is 2.98. The number of hydrogen-bond donors (Lipinski definition) is 0. The summed E-state index contributed by atoms with van der Waals surface area (Å²) in [5.41, 5.74) is 2.35. The molecule has 7 heteroatoms. The van der Waals surface area contributed by atoms with Gasteiger partial charge in [0.05, 0.1) is 17.0 Å². The number of carbonyl (C=O) groups excluding carboxylic acids is 1. The third-order valence-corrected chi connectivity index (χ3v) is 4.52. The SMILES string of the molecule is CC(C)N(Cc1ccnc(-c2cc(F)ccc2Cl)c1)C(=O)c1cn(C)cn1. The lowest BCUT2D eigenvalue weighted by atomic mass is 10.1. The smallest absolute Gasteiger partial charge is 0.274 e. The van der Waals surface area contributed by atoms with Crippen molar-refractivity contribution < 1.29 is 9.18 Å². The fraction of sp³-hybridized carbons (Fsp3) is 0.250. The van der Waals surface area contributed by atoms with Crippen LogP contribution in [0.25, 0.3) is 11.3 Å². The number of imidazole rings is 1. The highest BCUT2D eigenvalue weighted by atomic mass is 35.5. The molecule has 0 saturated heterocycles. The molecule has 0 spiro atoms. The molecule has 3 rings (SSSR count). The molecule has 140 valence electrons. The van der Waals surface area contributed by atoms with Crippen LogP contribution in [0.2, 0.25) is 5.02 Å². The van der Waals surface area contributed by atoms with E-state index >= 15 is 0 Å². The van der Waals surface area contributed by atoms with E-state index in [1.807, 2.05) is 33.0 Å². The number of rotatable bonds is 5. The molecule has 2 heterocycles. The van der Waals surface area contributed by atoms with Gasteiger partial charge in [-0.05, 0) is 49.7 Å². The summed E-state index contributed by atoms with van der Waals surface area (Å²) in [6.45, 7) is 4.29. The van der Waals surface area contributed by atoms with Crippen LogP contribution in [-0.2, 0) is 13.6 Å². The summed E-state index contributed by atoms with van der Waals surface area (Å²) in [5, 5.41) is 0.423. The maximum Gasteiger partial charge on any atom is 0.274 e. The number of carbonyl (C=O) groups is 1. The second-order valence-electron chi connectivity index (χ2n) is 6.62. The minimum atomic E-state index is -0.379. The van der Waals surface area contributed by atoms with Crippen molar-refractivity contribution in [1.82, 2.24) is 19.4 Å². The van der Waals surface area contributed by atoms with Gasteiger partial charge in [0.15, 0.2) is 0 Å². The number of hydrogen-bond acceptors (Lipinski definition) is 3. The van der Waals surface area contributed by atoms with Crippen molar-refractivity contribution in [2.45, 2.75) is 26.4 Å². The first kappa shape index (κ1) is 19.0. The number of aryl methyl sites for hydroxylation is 1. The number of aromatic nitrogens is 3. The van der Waals surface area contributed by atoms with E-state index in [9.17, 15) is 9.18 Å². The molecular formula is C20H20ClFN4O. The third kappa shape index (κ3) is 4.34. The van der Waals surface area contributed by atoms with Crippen LogP contribution >= 0.6 is 11.6 Å². The molecule has 2 aromatic heterocycles. The standard InChI is InChI=1S/C20H20ClFN4O/c1-13(2)26(20(27)19-11-25(3)12-24-19)10-14-6-7-23-18(8-14)16-9-15(22)4-5-17(16)21/h4-9,11-13H,10H2,1-3H3. The lowest BCUT2D eigenvalue weighted by Crippen LogP contribution is -2.36. The molecule has 27 heavy (non-hydrogen) atoms. The van der Waals surface area contributed by atoms with Crippen LogP contribution in [0.4, 0.5) is 4.39 Å². The van der Waals surface area contributed by atoms with Gasteiger partial charge < -0.3 is 9.47 Å². The predicted molar refractivity (Wildman–Crippen MR) is 103 cm³/mol. The Balaban J connectivity index is 1.89. The summed E-state index contributed by atoms with van der Waals surface area (Å²) in [6, 6.07) is 7.80. The summed E-state index contributed by atoms with van der Waals surface area (Å²) in [5.74, 6) is -0.525. The summed E-state index contributed by atoms with van der Waals surface area (Å²) in [7, 11) is 1.82. The molecule has 1 amide bonds. The lowest BCUT2D eigenvalue weighted by molar-refractivity contribution is 0.0684. The molecule has 3 aromatic rings. The van der Waals surface area contributed by atoms with Crippen LogP contribution < -0.4 is 0 Å². The highest BCUT2D eigenvalue weighted by Crippen LogP contribution is 2.28. The molecule has 0 saturated carbocycles. The van der Waals surface area contributed by atoms with Gasteiger partial charge in [0.25, 0.3) is 5.91 Å². The Morgan fingerprint density at radius 3 is 2.70 bits per heavy atom. The molecule has 1 aromatic carbocycles. The maximum atomic E-state index is 13.6. The molecular weight excluding hydrogens is 367 g/mol. The Kier molecular flexibility index (Phi) is 5.56. The summed E-state index contributed by atoms with van der Waals surface area (Å²) in [6.07, 6.45) is 4.93. The minimum absolute atomic E-state index is 0.0196. The monoisotopic (exact) mass is 386 g/mol. The average molecular weight is 387 g/mol. The van der Waals surface area contributed by atoms with Gasteiger partial charge in [-0.1, -0.05) is 11.6 Å². The van der Waals surface area contributed by atoms with Crippen molar-refractivity contribution in [3.8, 4) is 11.3 Å². The highest BCUT2D eigenvalue weighted by molar-refractivity contribution is 6.33. The van der Waals surface area contributed by atoms with Crippen molar-refractivity contribution in [3.63, 3.8) is 0 Å². The van der Waals surface area contributed by atoms with Crippen LogP contribution in [-0.4, -0.2) is 31.4 Å². The largest absolute Gasteiger partial charge is 0.340 e. The Bertz CT molecular complexity index is 970. The van der Waals surface area contributed by atoms with Gasteiger partial charge in [-0.3, -0.25) is 9.78 Å². The second kappa shape index (κ2) is 7.88. The van der Waals surface area contributed by atoms with Crippen LogP contribution in [0.5, 0.6) is 0 Å². The van der Waals surface area contributed by atoms with E-state index in [1.54, 1.807) is 28.2 Å². The first-order valence-electron chi connectivity index (χ1n) is 8.54. The Morgan fingerprint density at radius 2 is 2.04 bits per heavy atom. The molecule has 0 unspecified atom stereocenters. The van der Waals surface area contributed by atoms with E-state index in [4.69, 9.17) is 11.6 Å². The summed E-state index contributed by atoms with van der Waals surface area (Å²) < 4.78 is 15.3. The zero-order chi connectivity index (χ0) is 19.6. The topological polar surface area (TPSA) is 51.0 Å². The van der Waals surface area contributed by atoms with E-state index in [1.165, 1.54) is 18.2 Å². The van der Waals surface area contributed by atoms with Crippen molar-refractivity contribution in [2.75, 3.05) is 0 Å². The molecule has 0 radical (unpaired) electrons. The van der Waals surface area contributed by atoms with Gasteiger partial charge in [-0.25, -0.2) is 9.37 Å². The van der Waals surface area contributed by atoms with Gasteiger partial charge in [0.1, 0.15) is 11.5 Å². The third-order valence-electron chi connectivity index (χ3n) is 4.19. The number of amides is 1. The van der Waals surface area contributed by atoms with Crippen molar-refractivity contribution in [2.24, 2.45) is 7.05 Å². The van der Waals surface area contributed by atoms with Crippen LogP contribution in [0.15, 0.2) is 49.1 Å². The average Bonchev–Trinajstić information content (AvgIpc) is 3.07. The van der Waals surface area contributed by atoms with Gasteiger partial charge in [-0.15, -0.1) is 0 Å². The quantitative estimate of drug-likeness (QED) is 0.656. The number of nitrogens with zero attached hydrogens (tertiary/aromatic N) is 4. The Labute approximate surface area is 162 Å². The molecule has 0 fully saturated rings. The second-order valence-corrected chi connectivity index (χ2v) is 7.03. The Morgan fingerprint density at radius 1 is 1.26 bits per heavy atom. The van der Waals surface area contributed by atoms with Crippen molar-refractivity contribution in [3.05, 3.63) is 71.2 Å². The van der Waals surface area contributed by atoms with E-state index in [2.05, 4.69) is 9.97 Å². The van der Waals surface area contributed by atoms with Gasteiger partial charge in [-0.2, -0.15) is 0 Å². The molecule has 0 atom stereocenters. The molecule has 0 aliphatic rings. The molecule has 5 nitrogen and oxygen atoms in total. The first-order chi connectivity index (χ1) is 12.8. The maximum absolute atomic E-state index is 13.6. The molecule has 0 bridgehead atoms. The van der Waals surface area contributed by atoms with Crippen molar-refractivity contribution in [1.29, 1.82) is 0 Å². The van der Waals surface area contributed by atoms with Crippen molar-refractivity contribution >= 4 is 17.5 Å². The zero-order valence-corrected chi connectivity index (χ0v) is 16.1. The van der Waals surface area contributed by atoms with Gasteiger partial charge >= 0.3 is 0 Å². The lowest BCUT2D eigenvalue weighted by Gasteiger charge is -2.26. The fourth-order valence-electron chi connectivity index (χ4n) is 2.77. The first-order valence-corrected chi connectivity index (χ1v) is 8.92. The predicted octanol–water partition coefficient (Wildman–Crippen LogP) is 4.33. The molecule has 0 aliphatic heterocycles. The van der Waals surface area contributed by atoms with Gasteiger partial charge in [0.2, 0.25) is 0 Å². The number of benzene rings is 1. The van der Waals surface area contributed by atoms with E-state index in [0.29, 0.717) is 28.5 Å². The van der Waals surface area contributed by atoms with E-state index in [0.717, 1.165) is 5.56 Å². The summed E-state index contributed by atoms with van der Waals surface area (Å²) in [4.78, 5) is 23.0. The highest BCUT2D eigenvalue weighted by Gasteiger charge is 2.21. The van der Waals surface area contributed by atoms with E-state index in [-0.39, 0.29) is 17.8 Å². The van der Waals surface area contributed by atoms with Crippen LogP contribution in [0, 0.1) is 5.82 Å².